The van der Waals surface area contributed by atoms with E-state index < -0.39 is 24.5 Å². The highest BCUT2D eigenvalue weighted by atomic mass is 32.1. The lowest BCUT2D eigenvalue weighted by Gasteiger charge is -2.08. The fraction of sp³-hybridized carbons (Fsp3) is 0.300. The van der Waals surface area contributed by atoms with Gasteiger partial charge in [0.2, 0.25) is 0 Å². The van der Waals surface area contributed by atoms with Crippen molar-refractivity contribution in [3.8, 4) is 0 Å². The zero-order valence-corrected chi connectivity index (χ0v) is 17.2. The van der Waals surface area contributed by atoms with E-state index in [1.54, 1.807) is 38.1 Å². The molecule has 1 heterocycles. The highest BCUT2D eigenvalue weighted by Gasteiger charge is 2.26. The van der Waals surface area contributed by atoms with Crippen molar-refractivity contribution in [3.63, 3.8) is 0 Å². The number of esters is 2. The molecule has 0 aliphatic rings. The van der Waals surface area contributed by atoms with E-state index in [1.165, 1.54) is 7.05 Å². The van der Waals surface area contributed by atoms with Crippen molar-refractivity contribution in [3.05, 3.63) is 51.9 Å². The predicted molar refractivity (Wildman–Crippen MR) is 108 cm³/mol. The average molecular weight is 418 g/mol. The molecular weight excluding hydrogens is 396 g/mol. The van der Waals surface area contributed by atoms with Crippen LogP contribution in [-0.2, 0) is 25.5 Å². The number of benzene rings is 1. The Morgan fingerprint density at radius 1 is 1.07 bits per heavy atom. The minimum Gasteiger partial charge on any atom is -0.462 e. The molecule has 0 aliphatic carbocycles. The SMILES string of the molecule is CCOC(=O)c1c(NC(=O)COC(=O)Cc2ccccc2)sc(C(=O)NC)c1C. The second-order valence-corrected chi connectivity index (χ2v) is 6.95. The Morgan fingerprint density at radius 3 is 2.38 bits per heavy atom. The first kappa shape index (κ1) is 22.1. The third kappa shape index (κ3) is 5.89. The van der Waals surface area contributed by atoms with E-state index in [1.807, 2.05) is 6.07 Å². The molecule has 8 nitrogen and oxygen atoms in total. The zero-order valence-electron chi connectivity index (χ0n) is 16.4. The van der Waals surface area contributed by atoms with Crippen LogP contribution < -0.4 is 10.6 Å². The number of carbonyl (C=O) groups is 4. The van der Waals surface area contributed by atoms with Gasteiger partial charge in [0.25, 0.3) is 11.8 Å². The summed E-state index contributed by atoms with van der Waals surface area (Å²) in [5.41, 5.74) is 1.29. The Labute approximate surface area is 172 Å². The third-order valence-electron chi connectivity index (χ3n) is 3.87. The van der Waals surface area contributed by atoms with Crippen molar-refractivity contribution in [1.82, 2.24) is 5.32 Å². The van der Waals surface area contributed by atoms with Crippen molar-refractivity contribution in [2.45, 2.75) is 20.3 Å². The molecule has 0 spiro atoms. The fourth-order valence-corrected chi connectivity index (χ4v) is 3.66. The molecule has 0 radical (unpaired) electrons. The second kappa shape index (κ2) is 10.4. The third-order valence-corrected chi connectivity index (χ3v) is 5.07. The Kier molecular flexibility index (Phi) is 7.90. The minimum atomic E-state index is -0.646. The van der Waals surface area contributed by atoms with E-state index in [0.29, 0.717) is 5.56 Å². The maximum absolute atomic E-state index is 12.3. The highest BCUT2D eigenvalue weighted by molar-refractivity contribution is 7.18. The Hall–Kier alpha value is -3.20. The maximum Gasteiger partial charge on any atom is 0.341 e. The Balaban J connectivity index is 2.07. The lowest BCUT2D eigenvalue weighted by atomic mass is 10.1. The first-order chi connectivity index (χ1) is 13.9. The first-order valence-electron chi connectivity index (χ1n) is 8.89. The van der Waals surface area contributed by atoms with Gasteiger partial charge in [-0.05, 0) is 25.0 Å². The number of hydrogen-bond donors (Lipinski definition) is 2. The van der Waals surface area contributed by atoms with Crippen molar-refractivity contribution in [1.29, 1.82) is 0 Å². The number of amides is 2. The highest BCUT2D eigenvalue weighted by Crippen LogP contribution is 2.33. The zero-order chi connectivity index (χ0) is 21.4. The van der Waals surface area contributed by atoms with E-state index in [4.69, 9.17) is 9.47 Å². The summed E-state index contributed by atoms with van der Waals surface area (Å²) in [5, 5.41) is 5.19. The smallest absolute Gasteiger partial charge is 0.341 e. The monoisotopic (exact) mass is 418 g/mol. The summed E-state index contributed by atoms with van der Waals surface area (Å²) in [7, 11) is 1.47. The van der Waals surface area contributed by atoms with Crippen LogP contribution >= 0.6 is 11.3 Å². The summed E-state index contributed by atoms with van der Waals surface area (Å²) in [6.07, 6.45) is 0.0428. The summed E-state index contributed by atoms with van der Waals surface area (Å²) in [4.78, 5) is 48.7. The molecule has 2 rings (SSSR count). The number of thiophene rings is 1. The van der Waals surface area contributed by atoms with E-state index in [9.17, 15) is 19.2 Å². The van der Waals surface area contributed by atoms with Gasteiger partial charge in [0, 0.05) is 7.05 Å². The normalized spacial score (nSPS) is 10.2. The average Bonchev–Trinajstić information content (AvgIpc) is 3.02. The number of hydrogen-bond acceptors (Lipinski definition) is 7. The molecule has 29 heavy (non-hydrogen) atoms. The molecule has 0 bridgehead atoms. The van der Waals surface area contributed by atoms with Crippen LogP contribution in [0.25, 0.3) is 0 Å². The molecule has 0 aliphatic heterocycles. The fourth-order valence-electron chi connectivity index (χ4n) is 2.50. The van der Waals surface area contributed by atoms with Crippen LogP contribution in [0.5, 0.6) is 0 Å². The number of anilines is 1. The molecule has 2 aromatic rings. The number of carbonyl (C=O) groups excluding carboxylic acids is 4. The van der Waals surface area contributed by atoms with Gasteiger partial charge in [-0.1, -0.05) is 30.3 Å². The van der Waals surface area contributed by atoms with Gasteiger partial charge in [-0.3, -0.25) is 14.4 Å². The van der Waals surface area contributed by atoms with Crippen molar-refractivity contribution in [2.24, 2.45) is 0 Å². The minimum absolute atomic E-state index is 0.0428. The Bertz CT molecular complexity index is 907. The molecule has 1 aromatic carbocycles. The van der Waals surface area contributed by atoms with E-state index >= 15 is 0 Å². The summed E-state index contributed by atoms with van der Waals surface area (Å²) >= 11 is 0.953. The van der Waals surface area contributed by atoms with Crippen LogP contribution in [0.3, 0.4) is 0 Å². The number of rotatable bonds is 8. The number of ether oxygens (including phenoxy) is 2. The molecule has 0 atom stereocenters. The molecule has 2 N–H and O–H groups in total. The van der Waals surface area contributed by atoms with Gasteiger partial charge in [-0.15, -0.1) is 11.3 Å². The van der Waals surface area contributed by atoms with Gasteiger partial charge < -0.3 is 20.1 Å². The predicted octanol–water partition coefficient (Wildman–Crippen LogP) is 2.32. The standard InChI is InChI=1S/C20H22N2O6S/c1-4-27-20(26)16-12(2)17(18(25)21-3)29-19(16)22-14(23)11-28-15(24)10-13-8-6-5-7-9-13/h5-9H,4,10-11H2,1-3H3,(H,21,25)(H,22,23). The van der Waals surface area contributed by atoms with Gasteiger partial charge >= 0.3 is 11.9 Å². The molecule has 0 saturated carbocycles. The van der Waals surface area contributed by atoms with Crippen LogP contribution in [0.15, 0.2) is 30.3 Å². The van der Waals surface area contributed by atoms with Crippen LogP contribution in [0.1, 0.15) is 38.1 Å². The van der Waals surface area contributed by atoms with Gasteiger partial charge in [0.15, 0.2) is 6.61 Å². The molecule has 9 heteroatoms. The van der Waals surface area contributed by atoms with Gasteiger partial charge in [-0.25, -0.2) is 4.79 Å². The van der Waals surface area contributed by atoms with Gasteiger partial charge in [0.05, 0.1) is 23.5 Å². The lowest BCUT2D eigenvalue weighted by Crippen LogP contribution is -2.22. The lowest BCUT2D eigenvalue weighted by molar-refractivity contribution is -0.146. The molecular formula is C20H22N2O6S. The molecule has 0 fully saturated rings. The van der Waals surface area contributed by atoms with E-state index in [-0.39, 0.29) is 34.4 Å². The molecule has 0 unspecified atom stereocenters. The maximum atomic E-state index is 12.3. The van der Waals surface area contributed by atoms with Crippen LogP contribution in [-0.4, -0.2) is 44.0 Å². The van der Waals surface area contributed by atoms with Crippen LogP contribution in [0.4, 0.5) is 5.00 Å². The van der Waals surface area contributed by atoms with E-state index in [0.717, 1.165) is 16.9 Å². The van der Waals surface area contributed by atoms with Gasteiger partial charge in [-0.2, -0.15) is 0 Å². The van der Waals surface area contributed by atoms with Gasteiger partial charge in [0.1, 0.15) is 5.00 Å². The van der Waals surface area contributed by atoms with Crippen molar-refractivity contribution in [2.75, 3.05) is 25.6 Å². The molecule has 154 valence electrons. The summed E-state index contributed by atoms with van der Waals surface area (Å²) in [6, 6.07) is 8.99. The number of nitrogens with one attached hydrogen (secondary N) is 2. The summed E-state index contributed by atoms with van der Waals surface area (Å²) in [6.45, 7) is 2.89. The summed E-state index contributed by atoms with van der Waals surface area (Å²) < 4.78 is 10.0. The van der Waals surface area contributed by atoms with Crippen molar-refractivity contribution >= 4 is 40.1 Å². The van der Waals surface area contributed by atoms with E-state index in [2.05, 4.69) is 10.6 Å². The first-order valence-corrected chi connectivity index (χ1v) is 9.71. The van der Waals surface area contributed by atoms with Crippen LogP contribution in [0, 0.1) is 6.92 Å². The van der Waals surface area contributed by atoms with Crippen LogP contribution in [0.2, 0.25) is 0 Å². The largest absolute Gasteiger partial charge is 0.462 e. The molecule has 0 saturated heterocycles. The second-order valence-electron chi connectivity index (χ2n) is 5.93. The topological polar surface area (TPSA) is 111 Å². The summed E-state index contributed by atoms with van der Waals surface area (Å²) in [5.74, 6) is -2.20. The Morgan fingerprint density at radius 2 is 1.76 bits per heavy atom. The quantitative estimate of drug-likeness (QED) is 0.637. The molecule has 2 amide bonds. The van der Waals surface area contributed by atoms with Crippen molar-refractivity contribution < 1.29 is 28.7 Å². The molecule has 1 aromatic heterocycles.